The van der Waals surface area contributed by atoms with Crippen LogP contribution in [0, 0.1) is 6.92 Å². The summed E-state index contributed by atoms with van der Waals surface area (Å²) < 4.78 is 5.70. The van der Waals surface area contributed by atoms with E-state index in [1.54, 1.807) is 25.1 Å². The Morgan fingerprint density at radius 3 is 2.68 bits per heavy atom. The molecule has 1 aromatic carbocycles. The molecule has 0 bridgehead atoms. The third-order valence-corrected chi connectivity index (χ3v) is 3.76. The molecule has 5 nitrogen and oxygen atoms in total. The molecule has 0 saturated carbocycles. The van der Waals surface area contributed by atoms with Gasteiger partial charge in [0.1, 0.15) is 0 Å². The van der Waals surface area contributed by atoms with Crippen LogP contribution in [0.2, 0.25) is 0 Å². The minimum absolute atomic E-state index is 0.0309. The molecule has 0 radical (unpaired) electrons. The van der Waals surface area contributed by atoms with Crippen LogP contribution in [0.3, 0.4) is 0 Å². The smallest absolute Gasteiger partial charge is 0.223 e. The van der Waals surface area contributed by atoms with Gasteiger partial charge in [0.05, 0.1) is 18.8 Å². The van der Waals surface area contributed by atoms with Gasteiger partial charge in [-0.15, -0.1) is 0 Å². The summed E-state index contributed by atoms with van der Waals surface area (Å²) in [5.74, 6) is 1.23. The predicted molar refractivity (Wildman–Crippen MR) is 84.3 cm³/mol. The van der Waals surface area contributed by atoms with Crippen LogP contribution in [0.4, 0.5) is 0 Å². The fourth-order valence-corrected chi connectivity index (χ4v) is 2.04. The summed E-state index contributed by atoms with van der Waals surface area (Å²) in [7, 11) is 1.69. The molecule has 2 aromatic rings. The molecule has 1 N–H and O–H groups in total. The molecule has 0 spiro atoms. The first kappa shape index (κ1) is 16.2. The first-order valence-electron chi connectivity index (χ1n) is 7.39. The van der Waals surface area contributed by atoms with Gasteiger partial charge in [0.15, 0.2) is 11.7 Å². The second-order valence-electron chi connectivity index (χ2n) is 5.52. The molecule has 1 heterocycles. The summed E-state index contributed by atoms with van der Waals surface area (Å²) in [6, 6.07) is 7.84. The van der Waals surface area contributed by atoms with Crippen molar-refractivity contribution < 1.29 is 14.3 Å². The van der Waals surface area contributed by atoms with Crippen molar-refractivity contribution in [2.24, 2.45) is 0 Å². The zero-order chi connectivity index (χ0) is 16.1. The van der Waals surface area contributed by atoms with Crippen LogP contribution in [-0.4, -0.2) is 40.6 Å². The van der Waals surface area contributed by atoms with E-state index in [2.05, 4.69) is 4.98 Å². The summed E-state index contributed by atoms with van der Waals surface area (Å²) in [4.78, 5) is 17.7. The van der Waals surface area contributed by atoms with E-state index in [1.165, 1.54) is 5.56 Å². The number of benzene rings is 1. The Bertz CT molecular complexity index is 619. The van der Waals surface area contributed by atoms with Crippen LogP contribution in [0.1, 0.15) is 24.8 Å². The number of carbonyl (C=O) groups is 1. The Balaban J connectivity index is 1.95. The Kier molecular flexibility index (Phi) is 5.33. The molecular weight excluding hydrogens is 280 g/mol. The van der Waals surface area contributed by atoms with Crippen LogP contribution in [0.25, 0.3) is 11.3 Å². The van der Waals surface area contributed by atoms with Gasteiger partial charge in [-0.05, 0) is 13.8 Å². The van der Waals surface area contributed by atoms with E-state index in [0.29, 0.717) is 24.5 Å². The highest BCUT2D eigenvalue weighted by molar-refractivity contribution is 5.76. The molecule has 1 aromatic heterocycles. The van der Waals surface area contributed by atoms with Crippen LogP contribution >= 0.6 is 0 Å². The van der Waals surface area contributed by atoms with Crippen molar-refractivity contribution in [3.05, 3.63) is 41.9 Å². The molecule has 0 aliphatic heterocycles. The van der Waals surface area contributed by atoms with Crippen molar-refractivity contribution in [2.45, 2.75) is 32.7 Å². The average molecular weight is 302 g/mol. The molecule has 0 unspecified atom stereocenters. The molecule has 1 amide bonds. The van der Waals surface area contributed by atoms with Crippen molar-refractivity contribution in [1.82, 2.24) is 9.88 Å². The number of carbonyl (C=O) groups excluding carboxylic acids is 1. The van der Waals surface area contributed by atoms with Crippen LogP contribution in [0.15, 0.2) is 34.9 Å². The molecule has 1 atom stereocenters. The van der Waals surface area contributed by atoms with Crippen molar-refractivity contribution >= 4 is 5.91 Å². The van der Waals surface area contributed by atoms with Crippen LogP contribution in [0.5, 0.6) is 0 Å². The van der Waals surface area contributed by atoms with Gasteiger partial charge in [-0.1, -0.05) is 29.8 Å². The van der Waals surface area contributed by atoms with Crippen molar-refractivity contribution in [3.63, 3.8) is 0 Å². The van der Waals surface area contributed by atoms with E-state index in [0.717, 1.165) is 5.56 Å². The summed E-state index contributed by atoms with van der Waals surface area (Å²) >= 11 is 0. The minimum Gasteiger partial charge on any atom is -0.441 e. The monoisotopic (exact) mass is 302 g/mol. The highest BCUT2D eigenvalue weighted by Gasteiger charge is 2.16. The summed E-state index contributed by atoms with van der Waals surface area (Å²) in [5, 5.41) is 9.06. The van der Waals surface area contributed by atoms with Crippen molar-refractivity contribution in [3.8, 4) is 11.3 Å². The lowest BCUT2D eigenvalue weighted by atomic mass is 10.1. The second kappa shape index (κ2) is 7.22. The van der Waals surface area contributed by atoms with Gasteiger partial charge in [0.25, 0.3) is 0 Å². The predicted octanol–water partition coefficient (Wildman–Crippen LogP) is 2.42. The topological polar surface area (TPSA) is 66.6 Å². The number of hydrogen-bond donors (Lipinski definition) is 1. The van der Waals surface area contributed by atoms with Gasteiger partial charge in [-0.25, -0.2) is 4.98 Å². The van der Waals surface area contributed by atoms with Crippen molar-refractivity contribution in [1.29, 1.82) is 0 Å². The molecule has 0 saturated heterocycles. The lowest BCUT2D eigenvalue weighted by Gasteiger charge is -2.22. The number of aliphatic hydroxyl groups is 1. The molecule has 5 heteroatoms. The summed E-state index contributed by atoms with van der Waals surface area (Å²) in [6.07, 6.45) is 2.45. The maximum absolute atomic E-state index is 12.0. The number of amides is 1. The van der Waals surface area contributed by atoms with Crippen LogP contribution in [-0.2, 0) is 11.2 Å². The largest absolute Gasteiger partial charge is 0.441 e. The maximum atomic E-state index is 12.0. The third kappa shape index (κ3) is 3.95. The SMILES string of the molecule is Cc1ccc(-c2cnc(CCC(=O)N(C)[C@@H](C)CO)o2)cc1. The molecule has 118 valence electrons. The Labute approximate surface area is 130 Å². The number of aromatic nitrogens is 1. The molecule has 0 aliphatic carbocycles. The molecule has 22 heavy (non-hydrogen) atoms. The molecule has 2 rings (SSSR count). The normalized spacial score (nSPS) is 12.2. The average Bonchev–Trinajstić information content (AvgIpc) is 3.00. The number of hydrogen-bond acceptors (Lipinski definition) is 4. The van der Waals surface area contributed by atoms with E-state index >= 15 is 0 Å². The Morgan fingerprint density at radius 2 is 2.05 bits per heavy atom. The van der Waals surface area contributed by atoms with E-state index in [9.17, 15) is 4.79 Å². The maximum Gasteiger partial charge on any atom is 0.223 e. The first-order chi connectivity index (χ1) is 10.5. The highest BCUT2D eigenvalue weighted by Crippen LogP contribution is 2.21. The zero-order valence-electron chi connectivity index (χ0n) is 13.2. The first-order valence-corrected chi connectivity index (χ1v) is 7.39. The number of likely N-dealkylation sites (N-methyl/N-ethyl adjacent to an activating group) is 1. The van der Waals surface area contributed by atoms with Gasteiger partial charge < -0.3 is 14.4 Å². The lowest BCUT2D eigenvalue weighted by Crippen LogP contribution is -2.37. The van der Waals surface area contributed by atoms with Gasteiger partial charge in [-0.2, -0.15) is 0 Å². The van der Waals surface area contributed by atoms with E-state index in [-0.39, 0.29) is 18.6 Å². The summed E-state index contributed by atoms with van der Waals surface area (Å²) in [5.41, 5.74) is 2.16. The Morgan fingerprint density at radius 1 is 1.36 bits per heavy atom. The quantitative estimate of drug-likeness (QED) is 0.890. The standard InChI is InChI=1S/C17H22N2O3/c1-12-4-6-14(7-5-12)15-10-18-16(22-15)8-9-17(21)19(3)13(2)11-20/h4-7,10,13,20H,8-9,11H2,1-3H3/t13-/m0/s1. The van der Waals surface area contributed by atoms with E-state index < -0.39 is 0 Å². The van der Waals surface area contributed by atoms with Gasteiger partial charge in [0.2, 0.25) is 5.91 Å². The lowest BCUT2D eigenvalue weighted by molar-refractivity contribution is -0.132. The summed E-state index contributed by atoms with van der Waals surface area (Å²) in [6.45, 7) is 3.79. The second-order valence-corrected chi connectivity index (χ2v) is 5.52. The minimum atomic E-state index is -0.180. The van der Waals surface area contributed by atoms with E-state index in [4.69, 9.17) is 9.52 Å². The molecule has 0 fully saturated rings. The highest BCUT2D eigenvalue weighted by atomic mass is 16.4. The van der Waals surface area contributed by atoms with Gasteiger partial charge in [-0.3, -0.25) is 4.79 Å². The number of nitrogens with zero attached hydrogens (tertiary/aromatic N) is 2. The van der Waals surface area contributed by atoms with Gasteiger partial charge >= 0.3 is 0 Å². The number of rotatable bonds is 6. The number of oxazole rings is 1. The zero-order valence-corrected chi connectivity index (χ0v) is 13.2. The number of aliphatic hydroxyl groups excluding tert-OH is 1. The Hall–Kier alpha value is -2.14. The van der Waals surface area contributed by atoms with Gasteiger partial charge in [0, 0.05) is 25.5 Å². The van der Waals surface area contributed by atoms with Crippen LogP contribution < -0.4 is 0 Å². The van der Waals surface area contributed by atoms with Crippen molar-refractivity contribution in [2.75, 3.05) is 13.7 Å². The third-order valence-electron chi connectivity index (χ3n) is 3.76. The molecular formula is C17H22N2O3. The van der Waals surface area contributed by atoms with E-state index in [1.807, 2.05) is 31.2 Å². The fourth-order valence-electron chi connectivity index (χ4n) is 2.04. The molecule has 0 aliphatic rings. The fraction of sp³-hybridized carbons (Fsp3) is 0.412. The number of aryl methyl sites for hydroxylation is 2.